The van der Waals surface area contributed by atoms with Gasteiger partial charge in [-0.2, -0.15) is 0 Å². The molecule has 1 aliphatic rings. The number of benzene rings is 1. The van der Waals surface area contributed by atoms with Gasteiger partial charge in [0.15, 0.2) is 0 Å². The second-order valence-electron chi connectivity index (χ2n) is 8.84. The molecule has 0 aliphatic heterocycles. The Morgan fingerprint density at radius 2 is 1.97 bits per heavy atom. The van der Waals surface area contributed by atoms with E-state index < -0.39 is 0 Å². The highest BCUT2D eigenvalue weighted by atomic mass is 32.1. The van der Waals surface area contributed by atoms with Gasteiger partial charge in [-0.1, -0.05) is 32.0 Å². The van der Waals surface area contributed by atoms with E-state index >= 15 is 0 Å². The zero-order valence-electron chi connectivity index (χ0n) is 18.7. The Labute approximate surface area is 186 Å². The molecule has 0 atom stereocenters. The molecule has 2 aromatic heterocycles. The van der Waals surface area contributed by atoms with E-state index in [4.69, 9.17) is 4.98 Å². The predicted molar refractivity (Wildman–Crippen MR) is 127 cm³/mol. The van der Waals surface area contributed by atoms with Gasteiger partial charge >= 0.3 is 0 Å². The highest BCUT2D eigenvalue weighted by molar-refractivity contribution is 7.18. The van der Waals surface area contributed by atoms with Gasteiger partial charge in [0, 0.05) is 10.6 Å². The van der Waals surface area contributed by atoms with E-state index in [0.717, 1.165) is 52.7 Å². The van der Waals surface area contributed by atoms with Crippen molar-refractivity contribution in [1.29, 1.82) is 0 Å². The van der Waals surface area contributed by atoms with Crippen molar-refractivity contribution in [2.45, 2.75) is 58.5 Å². The number of aromatic nitrogens is 2. The van der Waals surface area contributed by atoms with Crippen LogP contribution in [0, 0.1) is 0 Å². The van der Waals surface area contributed by atoms with Crippen LogP contribution in [0.25, 0.3) is 10.2 Å². The first-order chi connectivity index (χ1) is 14.8. The lowest BCUT2D eigenvalue weighted by molar-refractivity contribution is -0.116. The van der Waals surface area contributed by atoms with Crippen LogP contribution in [0.4, 0.5) is 5.69 Å². The molecule has 0 fully saturated rings. The number of carbonyl (C=O) groups is 1. The molecule has 1 N–H and O–H groups in total. The molecule has 164 valence electrons. The lowest BCUT2D eigenvalue weighted by Gasteiger charge is -2.17. The van der Waals surface area contributed by atoms with Gasteiger partial charge in [0.2, 0.25) is 5.91 Å². The number of hydrogen-bond donors (Lipinski definition) is 1. The average Bonchev–Trinajstić information content (AvgIpc) is 3.09. The molecule has 1 amide bonds. The lowest BCUT2D eigenvalue weighted by atomic mass is 9.97. The fraction of sp³-hybridized carbons (Fsp3) is 0.458. The number of fused-ring (bicyclic) bond motifs is 3. The monoisotopic (exact) mass is 438 g/mol. The van der Waals surface area contributed by atoms with E-state index in [0.29, 0.717) is 18.3 Å². The first-order valence-corrected chi connectivity index (χ1v) is 11.7. The van der Waals surface area contributed by atoms with Gasteiger partial charge < -0.3 is 10.2 Å². The summed E-state index contributed by atoms with van der Waals surface area (Å²) in [5, 5.41) is 3.73. The van der Waals surface area contributed by atoms with Crippen LogP contribution < -0.4 is 10.9 Å². The number of nitrogens with zero attached hydrogens (tertiary/aromatic N) is 3. The first kappa shape index (κ1) is 21.7. The molecule has 7 heteroatoms. The molecule has 2 heterocycles. The molecule has 3 aromatic rings. The fourth-order valence-corrected chi connectivity index (χ4v) is 5.57. The standard InChI is InChI=1S/C24H30N4O2S/c1-15(2)16-9-5-7-11-18(16)25-21(29)14-28-20(13-27(3)4)26-23-22(24(28)30)17-10-6-8-12-19(17)31-23/h5,7,9,11,15H,6,8,10,12-14H2,1-4H3,(H,25,29). The maximum absolute atomic E-state index is 13.6. The Kier molecular flexibility index (Phi) is 6.25. The molecule has 0 unspecified atom stereocenters. The minimum Gasteiger partial charge on any atom is -0.324 e. The zero-order valence-corrected chi connectivity index (χ0v) is 19.5. The van der Waals surface area contributed by atoms with Crippen molar-refractivity contribution in [2.75, 3.05) is 19.4 Å². The Hall–Kier alpha value is -2.51. The van der Waals surface area contributed by atoms with Gasteiger partial charge in [-0.25, -0.2) is 4.98 Å². The summed E-state index contributed by atoms with van der Waals surface area (Å²) in [6.45, 7) is 4.66. The van der Waals surface area contributed by atoms with Crippen molar-refractivity contribution in [1.82, 2.24) is 14.5 Å². The second kappa shape index (κ2) is 8.93. The number of anilines is 1. The largest absolute Gasteiger partial charge is 0.324 e. The van der Waals surface area contributed by atoms with Gasteiger partial charge in [0.05, 0.1) is 11.9 Å². The highest BCUT2D eigenvalue weighted by Crippen LogP contribution is 2.34. The Bertz CT molecular complexity index is 1180. The molecule has 1 aliphatic carbocycles. The lowest BCUT2D eigenvalue weighted by Crippen LogP contribution is -2.33. The van der Waals surface area contributed by atoms with Crippen molar-refractivity contribution in [3.8, 4) is 0 Å². The molecular formula is C24H30N4O2S. The first-order valence-electron chi connectivity index (χ1n) is 10.9. The van der Waals surface area contributed by atoms with E-state index in [1.165, 1.54) is 4.88 Å². The quantitative estimate of drug-likeness (QED) is 0.628. The summed E-state index contributed by atoms with van der Waals surface area (Å²) < 4.78 is 1.57. The predicted octanol–water partition coefficient (Wildman–Crippen LogP) is 4.16. The summed E-state index contributed by atoms with van der Waals surface area (Å²) in [6, 6.07) is 7.82. The SMILES string of the molecule is CC(C)c1ccccc1NC(=O)Cn1c(CN(C)C)nc2sc3c(c2c1=O)CCCC3. The van der Waals surface area contributed by atoms with Crippen LogP contribution in [0.1, 0.15) is 54.4 Å². The van der Waals surface area contributed by atoms with E-state index in [9.17, 15) is 9.59 Å². The number of nitrogens with one attached hydrogen (secondary N) is 1. The van der Waals surface area contributed by atoms with Crippen molar-refractivity contribution in [3.63, 3.8) is 0 Å². The van der Waals surface area contributed by atoms with Gasteiger partial charge in [-0.3, -0.25) is 14.2 Å². The highest BCUT2D eigenvalue weighted by Gasteiger charge is 2.23. The number of hydrogen-bond acceptors (Lipinski definition) is 5. The molecule has 6 nitrogen and oxygen atoms in total. The minimum atomic E-state index is -0.208. The third-order valence-electron chi connectivity index (χ3n) is 5.77. The van der Waals surface area contributed by atoms with Gasteiger partial charge in [-0.15, -0.1) is 11.3 Å². The van der Waals surface area contributed by atoms with Crippen molar-refractivity contribution in [2.24, 2.45) is 0 Å². The maximum Gasteiger partial charge on any atom is 0.263 e. The van der Waals surface area contributed by atoms with Crippen LogP contribution in [-0.4, -0.2) is 34.5 Å². The Balaban J connectivity index is 1.72. The Morgan fingerprint density at radius 3 is 2.71 bits per heavy atom. The number of rotatable bonds is 6. The van der Waals surface area contributed by atoms with Crippen LogP contribution in [-0.2, 0) is 30.7 Å². The number of para-hydroxylation sites is 1. The van der Waals surface area contributed by atoms with E-state index in [1.807, 2.05) is 43.3 Å². The second-order valence-corrected chi connectivity index (χ2v) is 9.92. The summed E-state index contributed by atoms with van der Waals surface area (Å²) >= 11 is 1.65. The smallest absolute Gasteiger partial charge is 0.263 e. The molecule has 1 aromatic carbocycles. The summed E-state index contributed by atoms with van der Waals surface area (Å²) in [4.78, 5) is 35.5. The third kappa shape index (κ3) is 4.43. The van der Waals surface area contributed by atoms with E-state index in [1.54, 1.807) is 15.9 Å². The van der Waals surface area contributed by atoms with Gasteiger partial charge in [-0.05, 0) is 62.9 Å². The normalized spacial score (nSPS) is 13.7. The molecule has 0 radical (unpaired) electrons. The fourth-order valence-electron chi connectivity index (χ4n) is 4.29. The topological polar surface area (TPSA) is 67.2 Å². The molecule has 0 spiro atoms. The number of carbonyl (C=O) groups excluding carboxylic acids is 1. The summed E-state index contributed by atoms with van der Waals surface area (Å²) in [5.41, 5.74) is 2.94. The number of aryl methyl sites for hydroxylation is 2. The average molecular weight is 439 g/mol. The third-order valence-corrected chi connectivity index (χ3v) is 6.96. The molecule has 4 rings (SSSR count). The van der Waals surface area contributed by atoms with Crippen LogP contribution >= 0.6 is 11.3 Å². The summed E-state index contributed by atoms with van der Waals surface area (Å²) in [7, 11) is 3.89. The molecule has 0 saturated carbocycles. The van der Waals surface area contributed by atoms with Crippen LogP contribution in [0.3, 0.4) is 0 Å². The van der Waals surface area contributed by atoms with Crippen LogP contribution in [0.5, 0.6) is 0 Å². The zero-order chi connectivity index (χ0) is 22.1. The number of thiophene rings is 1. The van der Waals surface area contributed by atoms with Crippen molar-refractivity contribution < 1.29 is 4.79 Å². The minimum absolute atomic E-state index is 0.0397. The van der Waals surface area contributed by atoms with Crippen molar-refractivity contribution in [3.05, 3.63) is 56.4 Å². The van der Waals surface area contributed by atoms with Gasteiger partial charge in [0.25, 0.3) is 5.56 Å². The number of amides is 1. The maximum atomic E-state index is 13.6. The van der Waals surface area contributed by atoms with Crippen molar-refractivity contribution >= 4 is 33.1 Å². The Morgan fingerprint density at radius 1 is 1.23 bits per heavy atom. The van der Waals surface area contributed by atoms with Crippen LogP contribution in [0.15, 0.2) is 29.1 Å². The molecular weight excluding hydrogens is 408 g/mol. The summed E-state index contributed by atoms with van der Waals surface area (Å²) in [5.74, 6) is 0.715. The van der Waals surface area contributed by atoms with Gasteiger partial charge in [0.1, 0.15) is 17.2 Å². The molecule has 0 bridgehead atoms. The molecule has 0 saturated heterocycles. The van der Waals surface area contributed by atoms with E-state index in [2.05, 4.69) is 19.2 Å². The summed E-state index contributed by atoms with van der Waals surface area (Å²) in [6.07, 6.45) is 4.21. The molecule has 31 heavy (non-hydrogen) atoms. The van der Waals surface area contributed by atoms with Crippen LogP contribution in [0.2, 0.25) is 0 Å². The van der Waals surface area contributed by atoms with E-state index in [-0.39, 0.29) is 18.0 Å².